The molecule has 0 atom stereocenters. The maximum absolute atomic E-state index is 5.86. The number of hydrogen-bond donors (Lipinski definition) is 0. The minimum absolute atomic E-state index is 0.408. The van der Waals surface area contributed by atoms with E-state index in [2.05, 4.69) is 0 Å². The monoisotopic (exact) mass is 219 g/mol. The molecule has 0 spiro atoms. The van der Waals surface area contributed by atoms with Crippen molar-refractivity contribution < 1.29 is 0 Å². The molecule has 0 aliphatic heterocycles. The van der Waals surface area contributed by atoms with Crippen LogP contribution in [0.5, 0.6) is 0 Å². The van der Waals surface area contributed by atoms with E-state index in [1.807, 2.05) is 0 Å². The van der Waals surface area contributed by atoms with Gasteiger partial charge in [0, 0.05) is 0 Å². The summed E-state index contributed by atoms with van der Waals surface area (Å²) in [5.41, 5.74) is 0. The van der Waals surface area contributed by atoms with Crippen LogP contribution in [0.2, 0.25) is 0 Å². The van der Waals surface area contributed by atoms with Crippen molar-refractivity contribution in [1.29, 1.82) is 0 Å². The summed E-state index contributed by atoms with van der Waals surface area (Å²) in [7, 11) is 46.7. The van der Waals surface area contributed by atoms with E-state index in [1.165, 1.54) is 13.1 Å². The summed E-state index contributed by atoms with van der Waals surface area (Å²) in [6, 6.07) is 1.45. The molecule has 0 aromatic carbocycles. The molecular formula is B17S. The van der Waals surface area contributed by atoms with Gasteiger partial charge in [-0.2, -0.15) is 0 Å². The van der Waals surface area contributed by atoms with Gasteiger partial charge < -0.3 is 0 Å². The average molecular weight is 216 g/mol. The first-order chi connectivity index (χ1) is 8.27. The SMILES string of the molecule is [B][B]B([B])B(B([B])[B])B(B=S)B(B([B])[B])B([B])[B]. The van der Waals surface area contributed by atoms with Crippen LogP contribution in [0.1, 0.15) is 0 Å². The van der Waals surface area contributed by atoms with Gasteiger partial charge in [0.15, 0.2) is 0 Å². The van der Waals surface area contributed by atoms with E-state index in [-0.39, 0.29) is 0 Å². The summed E-state index contributed by atoms with van der Waals surface area (Å²) in [5, 5.41) is 0. The molecule has 17 radical (unpaired) electrons. The summed E-state index contributed by atoms with van der Waals surface area (Å²) < 4.78 is 0. The van der Waals surface area contributed by atoms with Crippen molar-refractivity contribution >= 4 is 132 Å². The molecule has 0 aromatic heterocycles. The van der Waals surface area contributed by atoms with Crippen LogP contribution in [0.4, 0.5) is 0 Å². The maximum atomic E-state index is 5.86. The fourth-order valence-electron chi connectivity index (χ4n) is 2.11. The third kappa shape index (κ3) is 5.37. The van der Waals surface area contributed by atoms with Crippen LogP contribution in [0.25, 0.3) is 0 Å². The first kappa shape index (κ1) is 19.3. The summed E-state index contributed by atoms with van der Waals surface area (Å²) >= 11 is 4.98. The Morgan fingerprint density at radius 2 is 1.11 bits per heavy atom. The molecule has 0 amide bonds. The molecule has 0 aliphatic rings. The van der Waals surface area contributed by atoms with Crippen LogP contribution >= 0.6 is 12.1 Å². The second-order valence-electron chi connectivity index (χ2n) is 4.37. The molecule has 0 unspecified atom stereocenters. The van der Waals surface area contributed by atoms with Gasteiger partial charge in [-0.3, -0.25) is 0 Å². The van der Waals surface area contributed by atoms with Gasteiger partial charge in [0.25, 0.3) is 0 Å². The zero-order chi connectivity index (χ0) is 14.5. The molecule has 0 N–H and O–H groups in total. The van der Waals surface area contributed by atoms with Crippen LogP contribution in [-0.4, -0.2) is 120 Å². The topological polar surface area (TPSA) is 0 Å². The zero-order valence-electron chi connectivity index (χ0n) is 10.2. The first-order valence-electron chi connectivity index (χ1n) is 5.57. The average Bonchev–Trinajstić information content (AvgIpc) is 2.25. The molecule has 0 aromatic rings. The summed E-state index contributed by atoms with van der Waals surface area (Å²) in [5.74, 6) is 0. The van der Waals surface area contributed by atoms with Crippen molar-refractivity contribution in [2.75, 3.05) is 0 Å². The van der Waals surface area contributed by atoms with Crippen molar-refractivity contribution in [2.24, 2.45) is 0 Å². The fourth-order valence-corrected chi connectivity index (χ4v) is 2.47. The van der Waals surface area contributed by atoms with Gasteiger partial charge >= 0.3 is 132 Å². The Labute approximate surface area is 131 Å². The minimum atomic E-state index is -0.763. The van der Waals surface area contributed by atoms with E-state index in [0.717, 1.165) is 0 Å². The molecule has 18 heavy (non-hydrogen) atoms. The molecule has 57 valence electrons. The second kappa shape index (κ2) is 9.29. The molecule has 0 bridgehead atoms. The van der Waals surface area contributed by atoms with Gasteiger partial charge in [-0.1, -0.05) is 0 Å². The van der Waals surface area contributed by atoms with Crippen LogP contribution in [0.3, 0.4) is 0 Å². The van der Waals surface area contributed by atoms with E-state index >= 15 is 0 Å². The summed E-state index contributed by atoms with van der Waals surface area (Å²) in [4.78, 5) is 0. The van der Waals surface area contributed by atoms with Crippen molar-refractivity contribution in [3.63, 3.8) is 0 Å². The Kier molecular flexibility index (Phi) is 9.98. The van der Waals surface area contributed by atoms with Crippen molar-refractivity contribution in [1.82, 2.24) is 0 Å². The van der Waals surface area contributed by atoms with E-state index in [9.17, 15) is 0 Å². The van der Waals surface area contributed by atoms with E-state index < -0.39 is 44.7 Å². The predicted molar refractivity (Wildman–Crippen MR) is 105 cm³/mol. The Bertz CT molecular complexity index is 222. The van der Waals surface area contributed by atoms with E-state index in [0.29, 0.717) is 0 Å². The number of hydrogen-bond acceptors (Lipinski definition) is 1. The third-order valence-corrected chi connectivity index (χ3v) is 3.36. The van der Waals surface area contributed by atoms with Crippen molar-refractivity contribution in [2.45, 2.75) is 0 Å². The van der Waals surface area contributed by atoms with Crippen LogP contribution in [0.15, 0.2) is 0 Å². The molecule has 18 heteroatoms. The second-order valence-corrected chi connectivity index (χ2v) is 4.64. The molecular weight excluding hydrogens is 216 g/mol. The molecule has 0 aliphatic carbocycles. The third-order valence-electron chi connectivity index (χ3n) is 3.05. The quantitative estimate of drug-likeness (QED) is 0.364. The van der Waals surface area contributed by atoms with Crippen LogP contribution in [-0.2, 0) is 0 Å². The van der Waals surface area contributed by atoms with Gasteiger partial charge in [-0.25, -0.2) is 0 Å². The van der Waals surface area contributed by atoms with Gasteiger partial charge in [0.05, 0.1) is 0 Å². The van der Waals surface area contributed by atoms with Crippen molar-refractivity contribution in [3.8, 4) is 0 Å². The summed E-state index contributed by atoms with van der Waals surface area (Å²) in [6.45, 7) is 0. The number of rotatable bonds is 8. The molecule has 0 fully saturated rings. The zero-order valence-corrected chi connectivity index (χ0v) is 11.0. The Hall–Kier alpha value is 1.32. The molecule has 0 saturated heterocycles. The van der Waals surface area contributed by atoms with Gasteiger partial charge in [-0.05, 0) is 0 Å². The Morgan fingerprint density at radius 1 is 0.722 bits per heavy atom. The van der Waals surface area contributed by atoms with Crippen LogP contribution in [0, 0.1) is 0 Å². The standard InChI is InChI=1S/B17S/c1-9-14(8)17(13(6)7)15(10-18)16(11(2)3)12(4)5. The summed E-state index contributed by atoms with van der Waals surface area (Å²) in [6.07, 6.45) is -4.18. The predicted octanol–water partition coefficient (Wildman–Crippen LogP) is -5.83. The Balaban J connectivity index is 5.27. The molecule has 0 saturated carbocycles. The van der Waals surface area contributed by atoms with Gasteiger partial charge in [0.1, 0.15) is 0 Å². The fraction of sp³-hybridized carbons (Fsp3) is 0. The first-order valence-corrected chi connectivity index (χ1v) is 6.04. The normalized spacial score (nSPS) is 8.67. The van der Waals surface area contributed by atoms with Crippen LogP contribution < -0.4 is 0 Å². The Morgan fingerprint density at radius 3 is 1.33 bits per heavy atom. The van der Waals surface area contributed by atoms with Crippen molar-refractivity contribution in [3.05, 3.63) is 0 Å². The van der Waals surface area contributed by atoms with E-state index in [1.54, 1.807) is 0 Å². The van der Waals surface area contributed by atoms with Gasteiger partial charge in [0.2, 0.25) is 0 Å². The molecule has 0 heterocycles. The molecule has 0 rings (SSSR count). The van der Waals surface area contributed by atoms with E-state index in [4.69, 9.17) is 74.0 Å². The molecule has 0 nitrogen and oxygen atoms in total. The van der Waals surface area contributed by atoms with Gasteiger partial charge in [-0.15, -0.1) is 0 Å².